The molecule has 6 rings (SSSR count). The van der Waals surface area contributed by atoms with Gasteiger partial charge in [-0.15, -0.1) is 0 Å². The van der Waals surface area contributed by atoms with Crippen LogP contribution in [0.4, 0.5) is 5.82 Å². The van der Waals surface area contributed by atoms with Gasteiger partial charge in [-0.2, -0.15) is 5.10 Å². The molecule has 0 radical (unpaired) electrons. The molecule has 4 atom stereocenters. The number of pyridine rings is 2. The molecule has 0 spiro atoms. The van der Waals surface area contributed by atoms with Gasteiger partial charge in [0.15, 0.2) is 5.78 Å². The predicted molar refractivity (Wildman–Crippen MR) is 161 cm³/mol. The summed E-state index contributed by atoms with van der Waals surface area (Å²) in [4.78, 5) is 49.6. The van der Waals surface area contributed by atoms with Crippen LogP contribution >= 0.6 is 15.9 Å². The van der Waals surface area contributed by atoms with Gasteiger partial charge >= 0.3 is 0 Å². The number of primary sulfonamides is 1. The number of nitrogens with one attached hydrogen (secondary N) is 1. The maximum atomic E-state index is 13.7. The zero-order valence-electron chi connectivity index (χ0n) is 23.5. The molecule has 12 nitrogen and oxygen atoms in total. The molecule has 2 fully saturated rings. The second-order valence-corrected chi connectivity index (χ2v) is 13.5. The molecule has 4 aromatic rings. The number of carbonyl (C=O) groups excluding carboxylic acids is 3. The van der Waals surface area contributed by atoms with Gasteiger partial charge in [-0.1, -0.05) is 19.1 Å². The van der Waals surface area contributed by atoms with Crippen molar-refractivity contribution in [3.05, 3.63) is 64.7 Å². The highest BCUT2D eigenvalue weighted by Crippen LogP contribution is 2.55. The standard InChI is InChI=1S/C29H28BrN7O5S/c1-14-4-7-23(30)33-28(14)34-29(40)27-25-15(2)21(25)12-36(27)24(39)13-37-22-6-5-17(9-20(22)26(35-37)16(3)38)18-8-19(11-32-10-18)43(31,41)42/h4-11,15,21,25,27H,12-13H2,1-3H3,(H2,31,41,42)(H,33,34,40)/t15-,21?,25?,27+/m1/s1. The minimum absolute atomic E-state index is 0.0582. The first kappa shape index (κ1) is 29.1. The molecule has 1 saturated heterocycles. The van der Waals surface area contributed by atoms with Crippen molar-refractivity contribution in [2.45, 2.75) is 38.3 Å². The van der Waals surface area contributed by atoms with E-state index < -0.39 is 16.1 Å². The predicted octanol–water partition coefficient (Wildman–Crippen LogP) is 3.15. The summed E-state index contributed by atoms with van der Waals surface area (Å²) in [6, 6.07) is 9.56. The Morgan fingerprint density at radius 1 is 1.12 bits per heavy atom. The molecule has 2 amide bonds. The molecule has 1 saturated carbocycles. The molecular weight excluding hydrogens is 638 g/mol. The fourth-order valence-electron chi connectivity index (χ4n) is 6.02. The van der Waals surface area contributed by atoms with Crippen molar-refractivity contribution in [3.8, 4) is 11.1 Å². The topological polar surface area (TPSA) is 170 Å². The van der Waals surface area contributed by atoms with Gasteiger partial charge in [-0.05, 0) is 76.0 Å². The molecule has 14 heteroatoms. The average Bonchev–Trinajstić information content (AvgIpc) is 3.27. The number of ketones is 1. The molecule has 2 unspecified atom stereocenters. The number of piperidine rings is 1. The average molecular weight is 667 g/mol. The third-order valence-corrected chi connectivity index (χ3v) is 9.70. The number of amides is 2. The first-order chi connectivity index (χ1) is 20.3. The molecule has 43 heavy (non-hydrogen) atoms. The van der Waals surface area contributed by atoms with Crippen LogP contribution in [0.2, 0.25) is 0 Å². The summed E-state index contributed by atoms with van der Waals surface area (Å²) in [5.74, 6) is 0.196. The number of Topliss-reactive ketones (excluding diaryl/α,β-unsaturated/α-hetero) is 1. The van der Waals surface area contributed by atoms with E-state index in [1.54, 1.807) is 29.2 Å². The van der Waals surface area contributed by atoms with Crippen LogP contribution in [0.25, 0.3) is 22.0 Å². The summed E-state index contributed by atoms with van der Waals surface area (Å²) in [5.41, 5.74) is 2.61. The SMILES string of the molecule is CC(=O)c1nn(CC(=O)N2CC3C([C@@H]3C)[C@H]2C(=O)Nc2nc(Br)ccc2C)c2ccc(-c3cncc(S(N)(=O)=O)c3)cc12. The third-order valence-electron chi connectivity index (χ3n) is 8.38. The fraction of sp³-hybridized carbons (Fsp3) is 0.310. The van der Waals surface area contributed by atoms with E-state index in [1.165, 1.54) is 23.9 Å². The highest BCUT2D eigenvalue weighted by Gasteiger charge is 2.62. The van der Waals surface area contributed by atoms with Gasteiger partial charge in [-0.3, -0.25) is 24.0 Å². The molecule has 1 aliphatic heterocycles. The van der Waals surface area contributed by atoms with Gasteiger partial charge in [0.05, 0.1) is 5.52 Å². The summed E-state index contributed by atoms with van der Waals surface area (Å²) >= 11 is 3.34. The number of nitrogens with two attached hydrogens (primary N) is 1. The smallest absolute Gasteiger partial charge is 0.248 e. The number of halogens is 1. The number of likely N-dealkylation sites (tertiary alicyclic amines) is 1. The lowest BCUT2D eigenvalue weighted by molar-refractivity contribution is -0.138. The zero-order valence-corrected chi connectivity index (χ0v) is 25.9. The van der Waals surface area contributed by atoms with Crippen molar-refractivity contribution in [1.82, 2.24) is 24.6 Å². The number of nitrogens with zero attached hydrogens (tertiary/aromatic N) is 5. The highest BCUT2D eigenvalue weighted by molar-refractivity contribution is 9.10. The van der Waals surface area contributed by atoms with Gasteiger partial charge in [0.1, 0.15) is 33.6 Å². The first-order valence-corrected chi connectivity index (χ1v) is 15.9. The summed E-state index contributed by atoms with van der Waals surface area (Å²) in [6.45, 7) is 5.62. The van der Waals surface area contributed by atoms with Crippen LogP contribution < -0.4 is 10.5 Å². The molecule has 3 N–H and O–H groups in total. The minimum atomic E-state index is -3.96. The van der Waals surface area contributed by atoms with Gasteiger partial charge in [0, 0.05) is 36.8 Å². The number of carbonyl (C=O) groups is 3. The number of hydrogen-bond donors (Lipinski definition) is 2. The molecule has 4 heterocycles. The molecular formula is C29H28BrN7O5S. The minimum Gasteiger partial charge on any atom is -0.328 e. The van der Waals surface area contributed by atoms with Gasteiger partial charge in [0.25, 0.3) is 0 Å². The lowest BCUT2D eigenvalue weighted by atomic mass is 10.0. The van der Waals surface area contributed by atoms with Crippen LogP contribution in [-0.4, -0.2) is 63.3 Å². The fourth-order valence-corrected chi connectivity index (χ4v) is 6.83. The quantitative estimate of drug-likeness (QED) is 0.224. The maximum Gasteiger partial charge on any atom is 0.248 e. The van der Waals surface area contributed by atoms with E-state index in [0.717, 1.165) is 11.8 Å². The number of aryl methyl sites for hydroxylation is 1. The van der Waals surface area contributed by atoms with Crippen molar-refractivity contribution >= 4 is 60.3 Å². The largest absolute Gasteiger partial charge is 0.328 e. The van der Waals surface area contributed by atoms with Gasteiger partial charge < -0.3 is 10.2 Å². The Kier molecular flexibility index (Phi) is 7.18. The molecule has 2 aliphatic rings. The summed E-state index contributed by atoms with van der Waals surface area (Å²) in [6.07, 6.45) is 2.66. The van der Waals surface area contributed by atoms with Crippen molar-refractivity contribution in [3.63, 3.8) is 0 Å². The Bertz CT molecular complexity index is 1940. The molecule has 1 aromatic carbocycles. The molecule has 1 aliphatic carbocycles. The van der Waals surface area contributed by atoms with Crippen LogP contribution in [0, 0.1) is 24.7 Å². The maximum absolute atomic E-state index is 13.7. The second kappa shape index (κ2) is 10.6. The number of anilines is 1. The van der Waals surface area contributed by atoms with E-state index in [4.69, 9.17) is 5.14 Å². The van der Waals surface area contributed by atoms with E-state index in [2.05, 4.69) is 43.2 Å². The number of benzene rings is 1. The van der Waals surface area contributed by atoms with Crippen LogP contribution in [0.5, 0.6) is 0 Å². The number of fused-ring (bicyclic) bond motifs is 2. The Morgan fingerprint density at radius 3 is 2.60 bits per heavy atom. The highest BCUT2D eigenvalue weighted by atomic mass is 79.9. The van der Waals surface area contributed by atoms with Gasteiger partial charge in [-0.25, -0.2) is 18.5 Å². The second-order valence-electron chi connectivity index (χ2n) is 11.1. The summed E-state index contributed by atoms with van der Waals surface area (Å²) < 4.78 is 25.7. The summed E-state index contributed by atoms with van der Waals surface area (Å²) in [5, 5.41) is 13.1. The Labute approximate surface area is 255 Å². The molecule has 222 valence electrons. The molecule has 0 bridgehead atoms. The van der Waals surface area contributed by atoms with Crippen molar-refractivity contribution in [2.75, 3.05) is 11.9 Å². The third kappa shape index (κ3) is 5.34. The summed E-state index contributed by atoms with van der Waals surface area (Å²) in [7, 11) is -3.96. The lowest BCUT2D eigenvalue weighted by Gasteiger charge is -2.28. The van der Waals surface area contributed by atoms with Crippen LogP contribution in [-0.2, 0) is 26.2 Å². The lowest BCUT2D eigenvalue weighted by Crippen LogP contribution is -2.48. The van der Waals surface area contributed by atoms with Crippen LogP contribution in [0.1, 0.15) is 29.9 Å². The van der Waals surface area contributed by atoms with E-state index in [1.807, 2.05) is 13.0 Å². The monoisotopic (exact) mass is 665 g/mol. The number of rotatable bonds is 7. The number of hydrogen-bond acceptors (Lipinski definition) is 8. The normalized spacial score (nSPS) is 21.1. The first-order valence-electron chi connectivity index (χ1n) is 13.6. The van der Waals surface area contributed by atoms with E-state index in [9.17, 15) is 22.8 Å². The van der Waals surface area contributed by atoms with Crippen molar-refractivity contribution in [1.29, 1.82) is 0 Å². The van der Waals surface area contributed by atoms with Gasteiger partial charge in [0.2, 0.25) is 21.8 Å². The van der Waals surface area contributed by atoms with Crippen LogP contribution in [0.3, 0.4) is 0 Å². The molecule has 3 aromatic heterocycles. The Balaban J connectivity index is 1.29. The van der Waals surface area contributed by atoms with Crippen LogP contribution in [0.15, 0.2) is 58.3 Å². The van der Waals surface area contributed by atoms with E-state index in [0.29, 0.717) is 44.9 Å². The van der Waals surface area contributed by atoms with Crippen molar-refractivity contribution in [2.24, 2.45) is 22.9 Å². The number of aromatic nitrogens is 4. The Hall–Kier alpha value is -4.01. The number of sulfonamides is 1. The van der Waals surface area contributed by atoms with Crippen molar-refractivity contribution < 1.29 is 22.8 Å². The zero-order chi connectivity index (χ0) is 30.8. The Morgan fingerprint density at radius 2 is 1.88 bits per heavy atom. The van der Waals surface area contributed by atoms with E-state index in [-0.39, 0.29) is 46.6 Å². The van der Waals surface area contributed by atoms with E-state index >= 15 is 0 Å².